The van der Waals surface area contributed by atoms with E-state index in [1.165, 1.54) is 0 Å². The molecule has 1 saturated heterocycles. The first-order valence-electron chi connectivity index (χ1n) is 9.61. The van der Waals surface area contributed by atoms with Gasteiger partial charge in [-0.25, -0.2) is 0 Å². The highest BCUT2D eigenvalue weighted by Crippen LogP contribution is 2.28. The van der Waals surface area contributed by atoms with Gasteiger partial charge in [-0.3, -0.25) is 14.4 Å². The molecule has 1 N–H and O–H groups in total. The number of benzene rings is 2. The summed E-state index contributed by atoms with van der Waals surface area (Å²) in [6.07, 6.45) is 1.19. The Labute approximate surface area is 167 Å². The average molecular weight is 391 g/mol. The maximum Gasteiger partial charge on any atom is 0.308 e. The van der Waals surface area contributed by atoms with Gasteiger partial charge in [0.15, 0.2) is 11.0 Å². The number of rotatable bonds is 3. The molecule has 0 aliphatic carbocycles. The van der Waals surface area contributed by atoms with Crippen molar-refractivity contribution in [3.05, 3.63) is 69.9 Å². The molecule has 1 aromatic heterocycles. The van der Waals surface area contributed by atoms with Crippen LogP contribution in [0.4, 0.5) is 0 Å². The fourth-order valence-corrected chi connectivity index (χ4v) is 3.88. The summed E-state index contributed by atoms with van der Waals surface area (Å²) in [4.78, 5) is 39.0. The third-order valence-electron chi connectivity index (χ3n) is 5.47. The number of hydrogen-bond donors (Lipinski definition) is 1. The average Bonchev–Trinajstić information content (AvgIpc) is 2.76. The SMILES string of the molecule is Cc1c(-c2ccccc2)oc2c(C(=O)N3CCC[C@H](C(=O)O)C3)cccc2c1=O. The predicted octanol–water partition coefficient (Wildman–Crippen LogP) is 3.71. The molecular formula is C23H21NO5. The first-order valence-corrected chi connectivity index (χ1v) is 9.61. The van der Waals surface area contributed by atoms with E-state index in [9.17, 15) is 19.5 Å². The van der Waals surface area contributed by atoms with E-state index in [1.54, 1.807) is 30.0 Å². The number of likely N-dealkylation sites (tertiary alicyclic amines) is 1. The number of carbonyl (C=O) groups excluding carboxylic acids is 1. The second kappa shape index (κ2) is 7.54. The standard InChI is InChI=1S/C23H21NO5/c1-14-19(25)17-10-5-11-18(21(17)29-20(14)15-7-3-2-4-8-15)22(26)24-12-6-9-16(13-24)23(27)28/h2-5,7-8,10-11,16H,6,9,12-13H2,1H3,(H,27,28)/t16-/m0/s1. The summed E-state index contributed by atoms with van der Waals surface area (Å²) in [5.41, 5.74) is 1.58. The second-order valence-corrected chi connectivity index (χ2v) is 7.36. The molecule has 1 aliphatic heterocycles. The summed E-state index contributed by atoms with van der Waals surface area (Å²) in [6.45, 7) is 2.36. The molecule has 0 unspecified atom stereocenters. The molecule has 2 heterocycles. The van der Waals surface area contributed by atoms with Crippen LogP contribution in [0.2, 0.25) is 0 Å². The van der Waals surface area contributed by atoms with Crippen LogP contribution in [0, 0.1) is 12.8 Å². The van der Waals surface area contributed by atoms with Gasteiger partial charge in [-0.1, -0.05) is 36.4 Å². The van der Waals surface area contributed by atoms with Gasteiger partial charge < -0.3 is 14.4 Å². The van der Waals surface area contributed by atoms with Crippen molar-refractivity contribution in [2.45, 2.75) is 19.8 Å². The van der Waals surface area contributed by atoms with Crippen molar-refractivity contribution in [1.82, 2.24) is 4.90 Å². The zero-order valence-corrected chi connectivity index (χ0v) is 16.1. The van der Waals surface area contributed by atoms with E-state index < -0.39 is 11.9 Å². The Morgan fingerprint density at radius 3 is 2.59 bits per heavy atom. The summed E-state index contributed by atoms with van der Waals surface area (Å²) in [5.74, 6) is -1.34. The number of piperidine rings is 1. The maximum atomic E-state index is 13.2. The van der Waals surface area contributed by atoms with Crippen LogP contribution in [0.5, 0.6) is 0 Å². The summed E-state index contributed by atoms with van der Waals surface area (Å²) >= 11 is 0. The van der Waals surface area contributed by atoms with E-state index in [0.29, 0.717) is 36.1 Å². The predicted molar refractivity (Wildman–Crippen MR) is 109 cm³/mol. The van der Waals surface area contributed by atoms with Crippen LogP contribution in [0.25, 0.3) is 22.3 Å². The minimum Gasteiger partial charge on any atom is -0.481 e. The molecule has 148 valence electrons. The normalized spacial score (nSPS) is 16.7. The zero-order valence-electron chi connectivity index (χ0n) is 16.1. The van der Waals surface area contributed by atoms with Crippen LogP contribution >= 0.6 is 0 Å². The van der Waals surface area contributed by atoms with Crippen molar-refractivity contribution in [3.8, 4) is 11.3 Å². The summed E-state index contributed by atoms with van der Waals surface area (Å²) in [7, 11) is 0. The summed E-state index contributed by atoms with van der Waals surface area (Å²) < 4.78 is 6.11. The minimum absolute atomic E-state index is 0.159. The minimum atomic E-state index is -0.894. The van der Waals surface area contributed by atoms with Crippen LogP contribution in [0.1, 0.15) is 28.8 Å². The quantitative estimate of drug-likeness (QED) is 0.735. The third-order valence-corrected chi connectivity index (χ3v) is 5.47. The summed E-state index contributed by atoms with van der Waals surface area (Å²) in [5, 5.41) is 9.66. The maximum absolute atomic E-state index is 13.2. The number of para-hydroxylation sites is 1. The molecule has 0 bridgehead atoms. The van der Waals surface area contributed by atoms with Crippen LogP contribution in [-0.4, -0.2) is 35.0 Å². The van der Waals surface area contributed by atoms with Gasteiger partial charge in [0.1, 0.15) is 5.76 Å². The van der Waals surface area contributed by atoms with Gasteiger partial charge in [-0.15, -0.1) is 0 Å². The van der Waals surface area contributed by atoms with Crippen LogP contribution in [0.3, 0.4) is 0 Å². The van der Waals surface area contributed by atoms with Gasteiger partial charge in [0, 0.05) is 24.2 Å². The lowest BCUT2D eigenvalue weighted by Crippen LogP contribution is -2.42. The molecule has 29 heavy (non-hydrogen) atoms. The lowest BCUT2D eigenvalue weighted by atomic mass is 9.97. The molecule has 0 radical (unpaired) electrons. The fraction of sp³-hybridized carbons (Fsp3) is 0.261. The van der Waals surface area contributed by atoms with Crippen LogP contribution in [-0.2, 0) is 4.79 Å². The van der Waals surface area contributed by atoms with Crippen molar-refractivity contribution < 1.29 is 19.1 Å². The Balaban J connectivity index is 1.83. The van der Waals surface area contributed by atoms with E-state index in [1.807, 2.05) is 30.3 Å². The molecule has 1 aliphatic rings. The third kappa shape index (κ3) is 3.42. The molecule has 0 spiro atoms. The number of aliphatic carboxylic acids is 1. The van der Waals surface area contributed by atoms with E-state index in [2.05, 4.69) is 0 Å². The Bertz CT molecular complexity index is 1150. The highest BCUT2D eigenvalue weighted by Gasteiger charge is 2.30. The van der Waals surface area contributed by atoms with Crippen LogP contribution < -0.4 is 5.43 Å². The smallest absolute Gasteiger partial charge is 0.308 e. The lowest BCUT2D eigenvalue weighted by Gasteiger charge is -2.30. The van der Waals surface area contributed by atoms with E-state index in [4.69, 9.17) is 4.42 Å². The first-order chi connectivity index (χ1) is 14.0. The Morgan fingerprint density at radius 2 is 1.86 bits per heavy atom. The second-order valence-electron chi connectivity index (χ2n) is 7.36. The Morgan fingerprint density at radius 1 is 1.10 bits per heavy atom. The lowest BCUT2D eigenvalue weighted by molar-refractivity contribution is -0.143. The number of carbonyl (C=O) groups is 2. The van der Waals surface area contributed by atoms with Crippen molar-refractivity contribution >= 4 is 22.8 Å². The molecule has 1 atom stereocenters. The molecule has 1 fully saturated rings. The van der Waals surface area contributed by atoms with E-state index >= 15 is 0 Å². The highest BCUT2D eigenvalue weighted by atomic mass is 16.4. The van der Waals surface area contributed by atoms with Gasteiger partial charge in [0.2, 0.25) is 0 Å². The number of fused-ring (bicyclic) bond motifs is 1. The van der Waals surface area contributed by atoms with Gasteiger partial charge in [0.25, 0.3) is 5.91 Å². The van der Waals surface area contributed by atoms with Crippen molar-refractivity contribution in [1.29, 1.82) is 0 Å². The Hall–Kier alpha value is -3.41. The van der Waals surface area contributed by atoms with Gasteiger partial charge in [-0.2, -0.15) is 0 Å². The summed E-state index contributed by atoms with van der Waals surface area (Å²) in [6, 6.07) is 14.2. The molecule has 1 amide bonds. The van der Waals surface area contributed by atoms with Crippen molar-refractivity contribution in [2.75, 3.05) is 13.1 Å². The molecule has 6 heteroatoms. The molecule has 4 rings (SSSR count). The number of carboxylic acid groups (broad SMARTS) is 1. The number of nitrogens with zero attached hydrogens (tertiary/aromatic N) is 1. The van der Waals surface area contributed by atoms with Gasteiger partial charge >= 0.3 is 5.97 Å². The van der Waals surface area contributed by atoms with E-state index in [0.717, 1.165) is 5.56 Å². The first kappa shape index (κ1) is 18.9. The zero-order chi connectivity index (χ0) is 20.5. The topological polar surface area (TPSA) is 87.8 Å². The number of carboxylic acids is 1. The van der Waals surface area contributed by atoms with E-state index in [-0.39, 0.29) is 29.0 Å². The monoisotopic (exact) mass is 391 g/mol. The molecular weight excluding hydrogens is 370 g/mol. The molecule has 3 aromatic rings. The van der Waals surface area contributed by atoms with Crippen LogP contribution in [0.15, 0.2) is 57.7 Å². The number of amides is 1. The largest absolute Gasteiger partial charge is 0.481 e. The Kier molecular flexibility index (Phi) is 4.92. The van der Waals surface area contributed by atoms with Crippen molar-refractivity contribution in [3.63, 3.8) is 0 Å². The molecule has 6 nitrogen and oxygen atoms in total. The van der Waals surface area contributed by atoms with Crippen molar-refractivity contribution in [2.24, 2.45) is 5.92 Å². The molecule has 0 saturated carbocycles. The molecule has 2 aromatic carbocycles. The fourth-order valence-electron chi connectivity index (χ4n) is 3.88. The highest BCUT2D eigenvalue weighted by molar-refractivity contribution is 6.05. The van der Waals surface area contributed by atoms with Gasteiger partial charge in [-0.05, 0) is 31.9 Å². The van der Waals surface area contributed by atoms with Gasteiger partial charge in [0.05, 0.1) is 16.9 Å². The number of hydrogen-bond acceptors (Lipinski definition) is 4.